The number of hydrogen-bond acceptors (Lipinski definition) is 5. The summed E-state index contributed by atoms with van der Waals surface area (Å²) in [6, 6.07) is 6.58. The number of hydrogen-bond donors (Lipinski definition) is 1. The normalized spacial score (nSPS) is 10.4. The van der Waals surface area contributed by atoms with Crippen LogP contribution in [0.2, 0.25) is 5.02 Å². The van der Waals surface area contributed by atoms with E-state index in [2.05, 4.69) is 4.98 Å². The zero-order valence-electron chi connectivity index (χ0n) is 11.6. The van der Waals surface area contributed by atoms with Crippen LogP contribution in [0.1, 0.15) is 23.1 Å². The van der Waals surface area contributed by atoms with Crippen LogP contribution in [-0.2, 0) is 6.54 Å². The lowest BCUT2D eigenvalue weighted by Gasteiger charge is -2.12. The minimum absolute atomic E-state index is 0.00568. The predicted octanol–water partition coefficient (Wildman–Crippen LogP) is 2.03. The summed E-state index contributed by atoms with van der Waals surface area (Å²) in [5, 5.41) is 0.306. The van der Waals surface area contributed by atoms with Gasteiger partial charge in [0.25, 0.3) is 5.56 Å². The van der Waals surface area contributed by atoms with Crippen molar-refractivity contribution in [2.24, 2.45) is 0 Å². The van der Waals surface area contributed by atoms with Gasteiger partial charge in [0, 0.05) is 6.54 Å². The summed E-state index contributed by atoms with van der Waals surface area (Å²) in [5.41, 5.74) is 5.51. The molecule has 2 N–H and O–H groups in total. The lowest BCUT2D eigenvalue weighted by atomic mass is 10.3. The first-order valence-corrected chi connectivity index (χ1v) is 6.67. The maximum atomic E-state index is 12.2. The molecule has 0 radical (unpaired) electrons. The number of aromatic nitrogens is 2. The molecule has 0 amide bonds. The third-order valence-corrected chi connectivity index (χ3v) is 3.31. The summed E-state index contributed by atoms with van der Waals surface area (Å²) < 4.78 is 6.57. The molecule has 0 unspecified atom stereocenters. The number of carbonyl (C=O) groups excluding carboxylic acids is 1. The van der Waals surface area contributed by atoms with Gasteiger partial charge in [-0.1, -0.05) is 23.7 Å². The average molecular weight is 308 g/mol. The van der Waals surface area contributed by atoms with Crippen molar-refractivity contribution in [2.45, 2.75) is 20.4 Å². The van der Waals surface area contributed by atoms with Crippen molar-refractivity contribution in [1.82, 2.24) is 9.55 Å². The van der Waals surface area contributed by atoms with Crippen LogP contribution in [-0.4, -0.2) is 15.5 Å². The summed E-state index contributed by atoms with van der Waals surface area (Å²) in [5.74, 6) is -0.735. The van der Waals surface area contributed by atoms with Gasteiger partial charge >= 0.3 is 5.97 Å². The predicted molar refractivity (Wildman–Crippen MR) is 79.7 cm³/mol. The van der Waals surface area contributed by atoms with Crippen molar-refractivity contribution in [2.75, 3.05) is 5.73 Å². The molecule has 2 rings (SSSR count). The summed E-state index contributed by atoms with van der Waals surface area (Å²) in [7, 11) is 0. The molecule has 0 atom stereocenters. The topological polar surface area (TPSA) is 87.2 Å². The number of para-hydroxylation sites is 1. The standard InChI is InChI=1S/C14H14ClN3O3/c1-3-18-8(2)11(17-12(16)13(18)19)14(20)21-10-7-5-4-6-9(10)15/h4-7H,3H2,1-2H3,(H2,16,17). The molecule has 0 aliphatic carbocycles. The number of nitrogens with zero attached hydrogens (tertiary/aromatic N) is 2. The largest absolute Gasteiger partial charge is 0.420 e. The lowest BCUT2D eigenvalue weighted by Crippen LogP contribution is -2.29. The zero-order valence-corrected chi connectivity index (χ0v) is 12.3. The van der Waals surface area contributed by atoms with Gasteiger partial charge in [-0.3, -0.25) is 4.79 Å². The molecule has 0 bridgehead atoms. The van der Waals surface area contributed by atoms with Crippen molar-refractivity contribution in [1.29, 1.82) is 0 Å². The van der Waals surface area contributed by atoms with E-state index in [9.17, 15) is 9.59 Å². The fourth-order valence-electron chi connectivity index (χ4n) is 1.92. The highest BCUT2D eigenvalue weighted by Crippen LogP contribution is 2.24. The fraction of sp³-hybridized carbons (Fsp3) is 0.214. The number of nitrogen functional groups attached to an aromatic ring is 1. The van der Waals surface area contributed by atoms with E-state index in [1.807, 2.05) is 0 Å². The Hall–Kier alpha value is -2.34. The fourth-order valence-corrected chi connectivity index (χ4v) is 2.09. The molecule has 0 aliphatic rings. The van der Waals surface area contributed by atoms with E-state index in [1.165, 1.54) is 4.57 Å². The number of nitrogens with two attached hydrogens (primary N) is 1. The third-order valence-electron chi connectivity index (χ3n) is 2.99. The van der Waals surface area contributed by atoms with Gasteiger partial charge in [-0.15, -0.1) is 0 Å². The van der Waals surface area contributed by atoms with E-state index >= 15 is 0 Å². The molecule has 0 fully saturated rings. The van der Waals surface area contributed by atoms with Gasteiger partial charge in [0.1, 0.15) is 5.75 Å². The molecular formula is C14H14ClN3O3. The van der Waals surface area contributed by atoms with E-state index < -0.39 is 11.5 Å². The Bertz CT molecular complexity index is 756. The van der Waals surface area contributed by atoms with E-state index in [0.717, 1.165) is 0 Å². The number of halogens is 1. The van der Waals surface area contributed by atoms with E-state index in [1.54, 1.807) is 38.1 Å². The van der Waals surface area contributed by atoms with Crippen molar-refractivity contribution in [3.05, 3.63) is 51.0 Å². The maximum absolute atomic E-state index is 12.2. The molecule has 6 nitrogen and oxygen atoms in total. The lowest BCUT2D eigenvalue weighted by molar-refractivity contribution is 0.0726. The summed E-state index contributed by atoms with van der Waals surface area (Å²) in [6.45, 7) is 3.77. The monoisotopic (exact) mass is 307 g/mol. The van der Waals surface area contributed by atoms with Crippen LogP contribution in [0.25, 0.3) is 0 Å². The van der Waals surface area contributed by atoms with E-state index in [4.69, 9.17) is 22.1 Å². The van der Waals surface area contributed by atoms with Gasteiger partial charge in [-0.05, 0) is 26.0 Å². The highest BCUT2D eigenvalue weighted by molar-refractivity contribution is 6.32. The molecule has 110 valence electrons. The Morgan fingerprint density at radius 1 is 1.43 bits per heavy atom. The van der Waals surface area contributed by atoms with Crippen LogP contribution in [0.15, 0.2) is 29.1 Å². The Kier molecular flexibility index (Phi) is 4.28. The van der Waals surface area contributed by atoms with Crippen LogP contribution in [0, 0.1) is 6.92 Å². The Balaban J connectivity index is 2.43. The number of rotatable bonds is 3. The molecule has 0 saturated carbocycles. The number of benzene rings is 1. The van der Waals surface area contributed by atoms with E-state index in [-0.39, 0.29) is 17.3 Å². The van der Waals surface area contributed by atoms with Gasteiger partial charge in [0.2, 0.25) is 0 Å². The highest BCUT2D eigenvalue weighted by Gasteiger charge is 2.19. The first-order valence-electron chi connectivity index (χ1n) is 6.29. The molecular weight excluding hydrogens is 294 g/mol. The first kappa shape index (κ1) is 15.1. The molecule has 1 aromatic heterocycles. The quantitative estimate of drug-likeness (QED) is 0.692. The van der Waals surface area contributed by atoms with Crippen LogP contribution < -0.4 is 16.0 Å². The summed E-state index contributed by atoms with van der Waals surface area (Å²) in [4.78, 5) is 27.8. The molecule has 0 saturated heterocycles. The molecule has 1 heterocycles. The smallest absolute Gasteiger partial charge is 0.364 e. The molecule has 2 aromatic rings. The molecule has 0 aliphatic heterocycles. The minimum Gasteiger partial charge on any atom is -0.420 e. The number of carbonyl (C=O) groups is 1. The zero-order chi connectivity index (χ0) is 15.6. The van der Waals surface area contributed by atoms with Crippen molar-refractivity contribution in [3.63, 3.8) is 0 Å². The SMILES string of the molecule is CCn1c(C)c(C(=O)Oc2ccccc2Cl)nc(N)c1=O. The summed E-state index contributed by atoms with van der Waals surface area (Å²) in [6.07, 6.45) is 0. The van der Waals surface area contributed by atoms with Crippen LogP contribution >= 0.6 is 11.6 Å². The van der Waals surface area contributed by atoms with Gasteiger partial charge < -0.3 is 15.0 Å². The highest BCUT2D eigenvalue weighted by atomic mass is 35.5. The molecule has 21 heavy (non-hydrogen) atoms. The second-order valence-corrected chi connectivity index (χ2v) is 4.71. The third kappa shape index (κ3) is 2.90. The Morgan fingerprint density at radius 3 is 2.71 bits per heavy atom. The van der Waals surface area contributed by atoms with Gasteiger partial charge in [-0.25, -0.2) is 9.78 Å². The maximum Gasteiger partial charge on any atom is 0.364 e. The van der Waals surface area contributed by atoms with Crippen molar-refractivity contribution in [3.8, 4) is 5.75 Å². The molecule has 7 heteroatoms. The first-order chi connectivity index (χ1) is 9.95. The van der Waals surface area contributed by atoms with Crippen molar-refractivity contribution < 1.29 is 9.53 Å². The van der Waals surface area contributed by atoms with Crippen LogP contribution in [0.3, 0.4) is 0 Å². The van der Waals surface area contributed by atoms with Gasteiger partial charge in [0.05, 0.1) is 10.7 Å². The summed E-state index contributed by atoms with van der Waals surface area (Å²) >= 11 is 5.93. The second-order valence-electron chi connectivity index (χ2n) is 4.30. The van der Waals surface area contributed by atoms with Crippen LogP contribution in [0.4, 0.5) is 5.82 Å². The van der Waals surface area contributed by atoms with Crippen molar-refractivity contribution >= 4 is 23.4 Å². The number of ether oxygens (including phenoxy) is 1. The molecule has 1 aromatic carbocycles. The van der Waals surface area contributed by atoms with Gasteiger partial charge in [0.15, 0.2) is 11.5 Å². The minimum atomic E-state index is -0.713. The molecule has 0 spiro atoms. The number of anilines is 1. The number of esters is 1. The Morgan fingerprint density at radius 2 is 2.10 bits per heavy atom. The average Bonchev–Trinajstić information content (AvgIpc) is 2.46. The Labute approximate surface area is 126 Å². The second kappa shape index (κ2) is 5.97. The van der Waals surface area contributed by atoms with Crippen LogP contribution in [0.5, 0.6) is 5.75 Å². The van der Waals surface area contributed by atoms with E-state index in [0.29, 0.717) is 17.3 Å². The van der Waals surface area contributed by atoms with Gasteiger partial charge in [-0.2, -0.15) is 0 Å².